The Kier molecular flexibility index (Phi) is 5.88. The quantitative estimate of drug-likeness (QED) is 0.225. The number of fused-ring (bicyclic) bond motifs is 2. The minimum atomic E-state index is 0.880. The van der Waals surface area contributed by atoms with Crippen LogP contribution in [0.4, 0.5) is 0 Å². The normalized spacial score (nSPS) is 10.8. The lowest BCUT2D eigenvalue weighted by atomic mass is 10.2. The molecule has 0 aliphatic carbocycles. The maximum absolute atomic E-state index is 4.47. The molecular weight excluding hydrogens is 528 g/mol. The van der Waals surface area contributed by atoms with Crippen molar-refractivity contribution in [2.24, 2.45) is 0 Å². The number of halogens is 2. The van der Waals surface area contributed by atoms with Crippen LogP contribution in [-0.4, -0.2) is 18.8 Å². The molecule has 2 aromatic carbocycles. The maximum Gasteiger partial charge on any atom is 0.138 e. The molecular formula is C26H18Br2N4. The zero-order valence-electron chi connectivity index (χ0n) is 16.9. The summed E-state index contributed by atoms with van der Waals surface area (Å²) in [5.74, 6) is 0. The van der Waals surface area contributed by atoms with Crippen LogP contribution in [0, 0.1) is 0 Å². The Labute approximate surface area is 202 Å². The van der Waals surface area contributed by atoms with Gasteiger partial charge in [-0.1, -0.05) is 72.8 Å². The van der Waals surface area contributed by atoms with Crippen LogP contribution >= 0.6 is 31.9 Å². The third-order valence-electron chi connectivity index (χ3n) is 5.07. The van der Waals surface area contributed by atoms with Crippen molar-refractivity contribution < 1.29 is 0 Å². The van der Waals surface area contributed by atoms with Gasteiger partial charge in [0.15, 0.2) is 0 Å². The number of nitrogens with zero attached hydrogens (tertiary/aromatic N) is 4. The first-order valence-corrected chi connectivity index (χ1v) is 11.7. The molecule has 0 bridgehead atoms. The second-order valence-electron chi connectivity index (χ2n) is 7.09. The predicted molar refractivity (Wildman–Crippen MR) is 137 cm³/mol. The van der Waals surface area contributed by atoms with Crippen molar-refractivity contribution in [3.05, 3.63) is 119 Å². The van der Waals surface area contributed by atoms with E-state index in [9.17, 15) is 0 Å². The van der Waals surface area contributed by atoms with Gasteiger partial charge in [-0.25, -0.2) is 9.97 Å². The molecule has 0 amide bonds. The SMILES string of the molecule is Brc1nc2ccccn2c1-c1ccccc1.Brc1nc2ccccn2c1-c1ccccc1. The first kappa shape index (κ1) is 20.7. The van der Waals surface area contributed by atoms with Gasteiger partial charge >= 0.3 is 0 Å². The van der Waals surface area contributed by atoms with E-state index >= 15 is 0 Å². The molecule has 0 N–H and O–H groups in total. The van der Waals surface area contributed by atoms with E-state index < -0.39 is 0 Å². The van der Waals surface area contributed by atoms with E-state index in [1.165, 1.54) is 0 Å². The first-order chi connectivity index (χ1) is 15.7. The summed E-state index contributed by atoms with van der Waals surface area (Å²) in [5.41, 5.74) is 6.41. The van der Waals surface area contributed by atoms with E-state index in [1.54, 1.807) is 0 Å². The van der Waals surface area contributed by atoms with Crippen molar-refractivity contribution >= 4 is 43.2 Å². The third kappa shape index (κ3) is 3.99. The summed E-state index contributed by atoms with van der Waals surface area (Å²) in [6.45, 7) is 0. The third-order valence-corrected chi connectivity index (χ3v) is 6.17. The number of imidazole rings is 2. The lowest BCUT2D eigenvalue weighted by Crippen LogP contribution is -1.86. The summed E-state index contributed by atoms with van der Waals surface area (Å²) in [5, 5.41) is 0. The topological polar surface area (TPSA) is 34.6 Å². The van der Waals surface area contributed by atoms with Crippen molar-refractivity contribution in [3.63, 3.8) is 0 Å². The molecule has 0 saturated heterocycles. The number of benzene rings is 2. The Morgan fingerprint density at radius 2 is 0.844 bits per heavy atom. The zero-order chi connectivity index (χ0) is 21.9. The van der Waals surface area contributed by atoms with Gasteiger partial charge in [-0.15, -0.1) is 0 Å². The predicted octanol–water partition coefficient (Wildman–Crippen LogP) is 7.53. The molecule has 0 atom stereocenters. The summed E-state index contributed by atoms with van der Waals surface area (Å²) in [7, 11) is 0. The first-order valence-electron chi connectivity index (χ1n) is 10.1. The average Bonchev–Trinajstić information content (AvgIpc) is 3.35. The molecule has 0 fully saturated rings. The van der Waals surface area contributed by atoms with E-state index in [0.29, 0.717) is 0 Å². The summed E-state index contributed by atoms with van der Waals surface area (Å²) < 4.78 is 5.92. The van der Waals surface area contributed by atoms with Crippen molar-refractivity contribution in [1.29, 1.82) is 0 Å². The lowest BCUT2D eigenvalue weighted by molar-refractivity contribution is 1.19. The maximum atomic E-state index is 4.47. The van der Waals surface area contributed by atoms with Crippen molar-refractivity contribution in [2.45, 2.75) is 0 Å². The fourth-order valence-corrected chi connectivity index (χ4v) is 4.85. The highest BCUT2D eigenvalue weighted by molar-refractivity contribution is 9.10. The standard InChI is InChI=1S/2C13H9BrN2/c2*14-13-12(10-6-2-1-3-7-10)16-9-5-4-8-11(16)15-13/h2*1-9H. The van der Waals surface area contributed by atoms with E-state index in [2.05, 4.69) is 74.9 Å². The molecule has 4 nitrogen and oxygen atoms in total. The second kappa shape index (κ2) is 9.10. The molecule has 6 rings (SSSR count). The highest BCUT2D eigenvalue weighted by Crippen LogP contribution is 2.29. The second-order valence-corrected chi connectivity index (χ2v) is 8.59. The summed E-state index contributed by atoms with van der Waals surface area (Å²) in [4.78, 5) is 8.94. The number of hydrogen-bond acceptors (Lipinski definition) is 2. The minimum absolute atomic E-state index is 0.880. The van der Waals surface area contributed by atoms with Crippen molar-refractivity contribution in [3.8, 4) is 22.5 Å². The highest BCUT2D eigenvalue weighted by atomic mass is 79.9. The Bertz CT molecular complexity index is 1370. The molecule has 0 radical (unpaired) electrons. The van der Waals surface area contributed by atoms with E-state index in [1.807, 2.05) is 85.2 Å². The molecule has 4 heterocycles. The van der Waals surface area contributed by atoms with Gasteiger partial charge in [0.1, 0.15) is 20.5 Å². The zero-order valence-corrected chi connectivity index (χ0v) is 20.1. The van der Waals surface area contributed by atoms with Crippen LogP contribution in [-0.2, 0) is 0 Å². The van der Waals surface area contributed by atoms with Crippen LogP contribution in [0.3, 0.4) is 0 Å². The molecule has 0 saturated carbocycles. The van der Waals surface area contributed by atoms with Gasteiger partial charge in [-0.3, -0.25) is 8.80 Å². The van der Waals surface area contributed by atoms with Crippen molar-refractivity contribution in [2.75, 3.05) is 0 Å². The molecule has 6 heteroatoms. The molecule has 156 valence electrons. The molecule has 32 heavy (non-hydrogen) atoms. The molecule has 0 aliphatic heterocycles. The minimum Gasteiger partial charge on any atom is -0.298 e. The van der Waals surface area contributed by atoms with Crippen LogP contribution in [0.25, 0.3) is 33.8 Å². The van der Waals surface area contributed by atoms with E-state index in [4.69, 9.17) is 0 Å². The monoisotopic (exact) mass is 544 g/mol. The van der Waals surface area contributed by atoms with Gasteiger partial charge in [-0.2, -0.15) is 0 Å². The van der Waals surface area contributed by atoms with Crippen molar-refractivity contribution in [1.82, 2.24) is 18.8 Å². The number of hydrogen-bond donors (Lipinski definition) is 0. The molecule has 0 spiro atoms. The Balaban J connectivity index is 0.000000135. The molecule has 6 aromatic rings. The summed E-state index contributed by atoms with van der Waals surface area (Å²) in [6, 6.07) is 32.5. The Morgan fingerprint density at radius 1 is 0.469 bits per heavy atom. The fourth-order valence-electron chi connectivity index (χ4n) is 3.64. The van der Waals surface area contributed by atoms with Gasteiger partial charge in [0.2, 0.25) is 0 Å². The highest BCUT2D eigenvalue weighted by Gasteiger charge is 2.11. The number of aromatic nitrogens is 4. The fraction of sp³-hybridized carbons (Fsp3) is 0. The summed E-state index contributed by atoms with van der Waals surface area (Å²) in [6.07, 6.45) is 4.05. The molecule has 4 aromatic heterocycles. The van der Waals surface area contributed by atoms with Gasteiger partial charge < -0.3 is 0 Å². The lowest BCUT2D eigenvalue weighted by Gasteiger charge is -2.01. The van der Waals surface area contributed by atoms with Crippen LogP contribution in [0.1, 0.15) is 0 Å². The van der Waals surface area contributed by atoms with Crippen LogP contribution in [0.15, 0.2) is 119 Å². The van der Waals surface area contributed by atoms with E-state index in [-0.39, 0.29) is 0 Å². The largest absolute Gasteiger partial charge is 0.298 e. The number of pyridine rings is 2. The van der Waals surface area contributed by atoms with Crippen LogP contribution in [0.2, 0.25) is 0 Å². The Morgan fingerprint density at radius 3 is 1.25 bits per heavy atom. The van der Waals surface area contributed by atoms with Gasteiger partial charge in [0.25, 0.3) is 0 Å². The average molecular weight is 546 g/mol. The van der Waals surface area contributed by atoms with Gasteiger partial charge in [0.05, 0.1) is 11.4 Å². The molecule has 0 unspecified atom stereocenters. The van der Waals surface area contributed by atoms with E-state index in [0.717, 1.165) is 43.0 Å². The smallest absolute Gasteiger partial charge is 0.138 e. The van der Waals surface area contributed by atoms with Gasteiger partial charge in [0, 0.05) is 23.5 Å². The number of rotatable bonds is 2. The Hall–Kier alpha value is -3.22. The van der Waals surface area contributed by atoms with Crippen LogP contribution in [0.5, 0.6) is 0 Å². The molecule has 0 aliphatic rings. The summed E-state index contributed by atoms with van der Waals surface area (Å²) >= 11 is 7.03. The van der Waals surface area contributed by atoms with Gasteiger partial charge in [-0.05, 0) is 56.1 Å². The van der Waals surface area contributed by atoms with Crippen LogP contribution < -0.4 is 0 Å².